The summed E-state index contributed by atoms with van der Waals surface area (Å²) in [5, 5.41) is 4.35. The van der Waals surface area contributed by atoms with Gasteiger partial charge in [-0.2, -0.15) is 0 Å². The molecular weight excluding hydrogens is 316 g/mol. The van der Waals surface area contributed by atoms with Gasteiger partial charge in [0.1, 0.15) is 5.03 Å². The molecule has 0 atom stereocenters. The highest BCUT2D eigenvalue weighted by Gasteiger charge is 2.20. The third-order valence-corrected chi connectivity index (χ3v) is 5.58. The van der Waals surface area contributed by atoms with E-state index in [9.17, 15) is 0 Å². The molecule has 4 nitrogen and oxygen atoms in total. The van der Waals surface area contributed by atoms with E-state index >= 15 is 0 Å². The SMILES string of the molecule is CC#CC1CCN(Cc2ccc3c(c2)Nc2nccnc2S3)CC1. The molecular formula is C19H20N4S. The maximum atomic E-state index is 4.38. The van der Waals surface area contributed by atoms with E-state index < -0.39 is 0 Å². The molecule has 0 unspecified atom stereocenters. The van der Waals surface area contributed by atoms with E-state index in [1.807, 2.05) is 6.92 Å². The van der Waals surface area contributed by atoms with Crippen LogP contribution in [0, 0.1) is 17.8 Å². The van der Waals surface area contributed by atoms with Crippen molar-refractivity contribution in [1.82, 2.24) is 14.9 Å². The smallest absolute Gasteiger partial charge is 0.163 e. The van der Waals surface area contributed by atoms with Crippen molar-refractivity contribution in [1.29, 1.82) is 0 Å². The Kier molecular flexibility index (Phi) is 4.42. The highest BCUT2D eigenvalue weighted by atomic mass is 32.2. The van der Waals surface area contributed by atoms with E-state index in [1.165, 1.54) is 23.3 Å². The van der Waals surface area contributed by atoms with Crippen LogP contribution >= 0.6 is 11.8 Å². The van der Waals surface area contributed by atoms with Crippen molar-refractivity contribution < 1.29 is 0 Å². The number of rotatable bonds is 2. The fraction of sp³-hybridized carbons (Fsp3) is 0.368. The van der Waals surface area contributed by atoms with Gasteiger partial charge >= 0.3 is 0 Å². The van der Waals surface area contributed by atoms with E-state index in [-0.39, 0.29) is 0 Å². The van der Waals surface area contributed by atoms with Crippen LogP contribution in [-0.2, 0) is 6.54 Å². The summed E-state index contributed by atoms with van der Waals surface area (Å²) in [6, 6.07) is 6.67. The average molecular weight is 336 g/mol. The van der Waals surface area contributed by atoms with Gasteiger partial charge in [-0.15, -0.1) is 11.8 Å². The van der Waals surface area contributed by atoms with Crippen molar-refractivity contribution in [2.24, 2.45) is 5.92 Å². The summed E-state index contributed by atoms with van der Waals surface area (Å²) in [5.41, 5.74) is 2.48. The van der Waals surface area contributed by atoms with Gasteiger partial charge in [-0.05, 0) is 50.6 Å². The molecule has 1 saturated heterocycles. The van der Waals surface area contributed by atoms with Crippen molar-refractivity contribution in [2.45, 2.75) is 36.2 Å². The number of anilines is 2. The molecule has 1 N–H and O–H groups in total. The molecule has 0 aliphatic carbocycles. The molecule has 24 heavy (non-hydrogen) atoms. The third kappa shape index (κ3) is 3.26. The lowest BCUT2D eigenvalue weighted by Gasteiger charge is -2.30. The highest BCUT2D eigenvalue weighted by molar-refractivity contribution is 7.99. The fourth-order valence-electron chi connectivity index (χ4n) is 3.28. The van der Waals surface area contributed by atoms with E-state index in [4.69, 9.17) is 0 Å². The molecule has 2 aromatic rings. The van der Waals surface area contributed by atoms with Crippen LogP contribution in [0.15, 0.2) is 40.5 Å². The minimum atomic E-state index is 0.586. The number of nitrogens with one attached hydrogen (secondary N) is 1. The number of likely N-dealkylation sites (tertiary alicyclic amines) is 1. The largest absolute Gasteiger partial charge is 0.337 e. The van der Waals surface area contributed by atoms with Crippen LogP contribution in [-0.4, -0.2) is 28.0 Å². The fourth-order valence-corrected chi connectivity index (χ4v) is 4.16. The lowest BCUT2D eigenvalue weighted by atomic mass is 9.97. The molecule has 2 aliphatic heterocycles. The molecule has 2 aliphatic rings. The minimum Gasteiger partial charge on any atom is -0.337 e. The number of benzene rings is 1. The van der Waals surface area contributed by atoms with E-state index in [0.717, 1.165) is 36.2 Å². The Morgan fingerprint density at radius 2 is 2.08 bits per heavy atom. The summed E-state index contributed by atoms with van der Waals surface area (Å²) < 4.78 is 0. The highest BCUT2D eigenvalue weighted by Crippen LogP contribution is 2.42. The standard InChI is InChI=1S/C19H20N4S/c1-2-3-14-6-10-23(11-7-14)13-15-4-5-17-16(12-15)22-18-19(24-17)21-9-8-20-18/h4-5,8-9,12,14H,6-7,10-11,13H2,1H3,(H,20,22). The predicted molar refractivity (Wildman–Crippen MR) is 97.3 cm³/mol. The lowest BCUT2D eigenvalue weighted by Crippen LogP contribution is -2.32. The van der Waals surface area contributed by atoms with Crippen LogP contribution in [0.4, 0.5) is 11.5 Å². The summed E-state index contributed by atoms with van der Waals surface area (Å²) in [4.78, 5) is 12.5. The maximum absolute atomic E-state index is 4.38. The van der Waals surface area contributed by atoms with Gasteiger partial charge in [-0.3, -0.25) is 4.90 Å². The Morgan fingerprint density at radius 3 is 2.92 bits per heavy atom. The molecule has 0 bridgehead atoms. The van der Waals surface area contributed by atoms with Crippen molar-refractivity contribution in [3.05, 3.63) is 36.2 Å². The molecule has 4 rings (SSSR count). The molecule has 0 spiro atoms. The zero-order valence-corrected chi connectivity index (χ0v) is 14.6. The first-order valence-electron chi connectivity index (χ1n) is 8.35. The quantitative estimate of drug-likeness (QED) is 0.718. The second kappa shape index (κ2) is 6.84. The zero-order valence-electron chi connectivity index (χ0n) is 13.7. The van der Waals surface area contributed by atoms with Crippen molar-refractivity contribution in [3.8, 4) is 11.8 Å². The third-order valence-electron chi connectivity index (χ3n) is 4.51. The van der Waals surface area contributed by atoms with Crippen LogP contribution < -0.4 is 5.32 Å². The van der Waals surface area contributed by atoms with Crippen LogP contribution in [0.3, 0.4) is 0 Å². The Hall–Kier alpha value is -2.03. The Labute approximate surface area is 147 Å². The normalized spacial score (nSPS) is 17.2. The molecule has 0 radical (unpaired) electrons. The first kappa shape index (κ1) is 15.5. The van der Waals surface area contributed by atoms with Gasteiger partial charge in [-0.1, -0.05) is 17.8 Å². The second-order valence-electron chi connectivity index (χ2n) is 6.21. The van der Waals surface area contributed by atoms with E-state index in [0.29, 0.717) is 5.92 Å². The number of fused-ring (bicyclic) bond motifs is 2. The topological polar surface area (TPSA) is 41.0 Å². The molecule has 1 aromatic heterocycles. The molecule has 1 fully saturated rings. The lowest BCUT2D eigenvalue weighted by molar-refractivity contribution is 0.199. The summed E-state index contributed by atoms with van der Waals surface area (Å²) in [5.74, 6) is 7.81. The van der Waals surface area contributed by atoms with Crippen molar-refractivity contribution in [2.75, 3.05) is 18.4 Å². The number of hydrogen-bond donors (Lipinski definition) is 1. The molecule has 0 saturated carbocycles. The Morgan fingerprint density at radius 1 is 1.25 bits per heavy atom. The summed E-state index contributed by atoms with van der Waals surface area (Å²) in [6.45, 7) is 5.20. The van der Waals surface area contributed by atoms with Crippen LogP contribution in [0.5, 0.6) is 0 Å². The summed E-state index contributed by atoms with van der Waals surface area (Å²) >= 11 is 1.68. The second-order valence-corrected chi connectivity index (χ2v) is 7.24. The monoisotopic (exact) mass is 336 g/mol. The van der Waals surface area contributed by atoms with Crippen LogP contribution in [0.2, 0.25) is 0 Å². The summed E-state index contributed by atoms with van der Waals surface area (Å²) in [6.07, 6.45) is 5.83. The first-order chi connectivity index (χ1) is 11.8. The number of aromatic nitrogens is 2. The van der Waals surface area contributed by atoms with Gasteiger partial charge in [-0.25, -0.2) is 9.97 Å². The zero-order chi connectivity index (χ0) is 16.4. The van der Waals surface area contributed by atoms with Gasteiger partial charge in [0.05, 0.1) is 5.69 Å². The van der Waals surface area contributed by atoms with Gasteiger partial charge in [0, 0.05) is 29.8 Å². The maximum Gasteiger partial charge on any atom is 0.163 e. The first-order valence-corrected chi connectivity index (χ1v) is 9.17. The number of nitrogens with zero attached hydrogens (tertiary/aromatic N) is 3. The number of piperidine rings is 1. The van der Waals surface area contributed by atoms with E-state index in [2.05, 4.69) is 50.2 Å². The van der Waals surface area contributed by atoms with Crippen molar-refractivity contribution in [3.63, 3.8) is 0 Å². The molecule has 122 valence electrons. The van der Waals surface area contributed by atoms with Gasteiger partial charge in [0.15, 0.2) is 5.82 Å². The summed E-state index contributed by atoms with van der Waals surface area (Å²) in [7, 11) is 0. The molecule has 5 heteroatoms. The minimum absolute atomic E-state index is 0.586. The molecule has 1 aromatic carbocycles. The van der Waals surface area contributed by atoms with E-state index in [1.54, 1.807) is 24.2 Å². The molecule has 3 heterocycles. The van der Waals surface area contributed by atoms with Gasteiger partial charge in [0.2, 0.25) is 0 Å². The van der Waals surface area contributed by atoms with Crippen LogP contribution in [0.1, 0.15) is 25.3 Å². The van der Waals surface area contributed by atoms with Crippen LogP contribution in [0.25, 0.3) is 0 Å². The van der Waals surface area contributed by atoms with Gasteiger partial charge in [0.25, 0.3) is 0 Å². The van der Waals surface area contributed by atoms with Gasteiger partial charge < -0.3 is 5.32 Å². The number of hydrogen-bond acceptors (Lipinski definition) is 5. The molecule has 0 amide bonds. The predicted octanol–water partition coefficient (Wildman–Crippen LogP) is 3.92. The van der Waals surface area contributed by atoms with Crippen molar-refractivity contribution >= 4 is 23.3 Å². The Bertz CT molecular complexity index is 800. The Balaban J connectivity index is 1.44. The average Bonchev–Trinajstić information content (AvgIpc) is 2.62.